The van der Waals surface area contributed by atoms with Crippen LogP contribution < -0.4 is 5.73 Å². The summed E-state index contributed by atoms with van der Waals surface area (Å²) in [6, 6.07) is 5.76. The fourth-order valence-corrected chi connectivity index (χ4v) is 2.29. The smallest absolute Gasteiger partial charge is 0.0452 e. The molecule has 114 valence electrons. The summed E-state index contributed by atoms with van der Waals surface area (Å²) in [7, 11) is 0. The van der Waals surface area contributed by atoms with E-state index in [1.165, 1.54) is 12.8 Å². The minimum absolute atomic E-state index is 0.730. The molecule has 0 aliphatic carbocycles. The van der Waals surface area contributed by atoms with Gasteiger partial charge in [-0.25, -0.2) is 0 Å². The molecule has 3 heteroatoms. The lowest BCUT2D eigenvalue weighted by Crippen LogP contribution is -2.27. The van der Waals surface area contributed by atoms with E-state index in [0.717, 1.165) is 47.7 Å². The monoisotopic (exact) mass is 296 g/mol. The van der Waals surface area contributed by atoms with Crippen LogP contribution in [0.1, 0.15) is 46.1 Å². The maximum Gasteiger partial charge on any atom is 0.0452 e. The van der Waals surface area contributed by atoms with Gasteiger partial charge in [0.2, 0.25) is 0 Å². The first kappa shape index (κ1) is 17.3. The molecule has 0 radical (unpaired) electrons. The first-order valence-electron chi connectivity index (χ1n) is 7.64. The van der Waals surface area contributed by atoms with E-state index in [9.17, 15) is 0 Å². The molecule has 2 N–H and O–H groups in total. The van der Waals surface area contributed by atoms with E-state index in [1.807, 2.05) is 18.2 Å². The molecule has 1 rings (SSSR count). The second kappa shape index (κ2) is 8.53. The molecular formula is C17H29ClN2. The van der Waals surface area contributed by atoms with Crippen LogP contribution in [0.15, 0.2) is 18.2 Å². The molecule has 0 atom stereocenters. The van der Waals surface area contributed by atoms with Crippen molar-refractivity contribution >= 4 is 17.3 Å². The van der Waals surface area contributed by atoms with Gasteiger partial charge < -0.3 is 5.73 Å². The summed E-state index contributed by atoms with van der Waals surface area (Å²) in [5.74, 6) is 1.46. The van der Waals surface area contributed by atoms with E-state index in [1.54, 1.807) is 0 Å². The van der Waals surface area contributed by atoms with Crippen molar-refractivity contribution in [1.82, 2.24) is 4.90 Å². The number of nitrogens with zero attached hydrogens (tertiary/aromatic N) is 1. The lowest BCUT2D eigenvalue weighted by Gasteiger charge is -2.25. The summed E-state index contributed by atoms with van der Waals surface area (Å²) in [5, 5.41) is 0.818. The molecule has 2 nitrogen and oxygen atoms in total. The summed E-state index contributed by atoms with van der Waals surface area (Å²) >= 11 is 6.28. The summed E-state index contributed by atoms with van der Waals surface area (Å²) < 4.78 is 0. The zero-order chi connectivity index (χ0) is 15.1. The third-order valence-electron chi connectivity index (χ3n) is 3.51. The van der Waals surface area contributed by atoms with Gasteiger partial charge in [-0.1, -0.05) is 39.3 Å². The highest BCUT2D eigenvalue weighted by molar-refractivity contribution is 6.31. The highest BCUT2D eigenvalue weighted by Crippen LogP contribution is 2.21. The standard InChI is InChI=1S/C17H29ClN2/c1-13(2)7-9-20(10-8-14(3)4)12-15-11-16(19)5-6-17(15)18/h5-6,11,13-14H,7-10,12,19H2,1-4H3. The zero-order valence-corrected chi connectivity index (χ0v) is 14.1. The Morgan fingerprint density at radius 1 is 1.05 bits per heavy atom. The van der Waals surface area contributed by atoms with Crippen molar-refractivity contribution in [3.63, 3.8) is 0 Å². The topological polar surface area (TPSA) is 29.3 Å². The van der Waals surface area contributed by atoms with Crippen molar-refractivity contribution in [3.05, 3.63) is 28.8 Å². The minimum Gasteiger partial charge on any atom is -0.399 e. The van der Waals surface area contributed by atoms with Crippen LogP contribution in [0.2, 0.25) is 5.02 Å². The van der Waals surface area contributed by atoms with Gasteiger partial charge in [0.15, 0.2) is 0 Å². The molecule has 1 aromatic carbocycles. The van der Waals surface area contributed by atoms with Gasteiger partial charge in [-0.3, -0.25) is 4.90 Å². The Labute approximate surface area is 129 Å². The average molecular weight is 297 g/mol. The quantitative estimate of drug-likeness (QED) is 0.697. The molecule has 0 aliphatic rings. The molecule has 0 amide bonds. The van der Waals surface area contributed by atoms with Gasteiger partial charge in [-0.05, 0) is 61.5 Å². The van der Waals surface area contributed by atoms with E-state index < -0.39 is 0 Å². The van der Waals surface area contributed by atoms with E-state index in [2.05, 4.69) is 32.6 Å². The zero-order valence-electron chi connectivity index (χ0n) is 13.3. The molecule has 20 heavy (non-hydrogen) atoms. The summed E-state index contributed by atoms with van der Waals surface area (Å²) in [4.78, 5) is 2.50. The summed E-state index contributed by atoms with van der Waals surface area (Å²) in [6.45, 7) is 12.2. The highest BCUT2D eigenvalue weighted by Gasteiger charge is 2.10. The molecule has 0 fully saturated rings. The van der Waals surface area contributed by atoms with E-state index in [0.29, 0.717) is 0 Å². The van der Waals surface area contributed by atoms with E-state index >= 15 is 0 Å². The second-order valence-corrected chi connectivity index (χ2v) is 6.90. The van der Waals surface area contributed by atoms with Gasteiger partial charge in [0.1, 0.15) is 0 Å². The Hall–Kier alpha value is -0.730. The van der Waals surface area contributed by atoms with Crippen LogP contribution in [0.25, 0.3) is 0 Å². The van der Waals surface area contributed by atoms with Gasteiger partial charge in [-0.2, -0.15) is 0 Å². The number of hydrogen-bond acceptors (Lipinski definition) is 2. The minimum atomic E-state index is 0.730. The van der Waals surface area contributed by atoms with Crippen molar-refractivity contribution in [2.45, 2.75) is 47.1 Å². The first-order chi connectivity index (χ1) is 9.38. The van der Waals surface area contributed by atoms with Gasteiger partial charge in [0.25, 0.3) is 0 Å². The third-order valence-corrected chi connectivity index (χ3v) is 3.88. The largest absolute Gasteiger partial charge is 0.399 e. The Balaban J connectivity index is 2.68. The van der Waals surface area contributed by atoms with Crippen molar-refractivity contribution < 1.29 is 0 Å². The first-order valence-corrected chi connectivity index (χ1v) is 8.02. The van der Waals surface area contributed by atoms with Gasteiger partial charge >= 0.3 is 0 Å². The van der Waals surface area contributed by atoms with Crippen LogP contribution in [0.3, 0.4) is 0 Å². The van der Waals surface area contributed by atoms with Crippen LogP contribution in [0.5, 0.6) is 0 Å². The maximum atomic E-state index is 6.28. The summed E-state index contributed by atoms with van der Waals surface area (Å²) in [6.07, 6.45) is 2.44. The van der Waals surface area contributed by atoms with Gasteiger partial charge in [-0.15, -0.1) is 0 Å². The number of halogens is 1. The van der Waals surface area contributed by atoms with Crippen LogP contribution in [-0.4, -0.2) is 18.0 Å². The van der Waals surface area contributed by atoms with Crippen molar-refractivity contribution in [2.75, 3.05) is 18.8 Å². The third kappa shape index (κ3) is 6.62. The highest BCUT2D eigenvalue weighted by atomic mass is 35.5. The number of anilines is 1. The van der Waals surface area contributed by atoms with Crippen molar-refractivity contribution in [2.24, 2.45) is 11.8 Å². The molecule has 0 aliphatic heterocycles. The Kier molecular flexibility index (Phi) is 7.39. The van der Waals surface area contributed by atoms with Crippen LogP contribution in [0.4, 0.5) is 5.69 Å². The van der Waals surface area contributed by atoms with Crippen LogP contribution >= 0.6 is 11.6 Å². The molecular weight excluding hydrogens is 268 g/mol. The van der Waals surface area contributed by atoms with Crippen LogP contribution in [0, 0.1) is 11.8 Å². The molecule has 0 saturated heterocycles. The second-order valence-electron chi connectivity index (χ2n) is 6.49. The molecule has 0 heterocycles. The predicted octanol–water partition coefficient (Wildman–Crippen LogP) is 4.82. The molecule has 1 aromatic rings. The normalized spacial score (nSPS) is 11.8. The number of nitrogens with two attached hydrogens (primary N) is 1. The Morgan fingerprint density at radius 2 is 1.60 bits per heavy atom. The number of benzene rings is 1. The fraction of sp³-hybridized carbons (Fsp3) is 0.647. The molecule has 0 spiro atoms. The Bertz CT molecular complexity index is 390. The predicted molar refractivity (Wildman–Crippen MR) is 90.1 cm³/mol. The fourth-order valence-electron chi connectivity index (χ4n) is 2.11. The maximum absolute atomic E-state index is 6.28. The lowest BCUT2D eigenvalue weighted by molar-refractivity contribution is 0.236. The van der Waals surface area contributed by atoms with E-state index in [4.69, 9.17) is 17.3 Å². The molecule has 0 aromatic heterocycles. The molecule has 0 unspecified atom stereocenters. The van der Waals surface area contributed by atoms with Crippen LogP contribution in [-0.2, 0) is 6.54 Å². The number of hydrogen-bond donors (Lipinski definition) is 1. The van der Waals surface area contributed by atoms with E-state index in [-0.39, 0.29) is 0 Å². The molecule has 0 bridgehead atoms. The number of rotatable bonds is 8. The summed E-state index contributed by atoms with van der Waals surface area (Å²) in [5.41, 5.74) is 7.80. The van der Waals surface area contributed by atoms with Crippen molar-refractivity contribution in [3.8, 4) is 0 Å². The lowest BCUT2D eigenvalue weighted by atomic mass is 10.1. The van der Waals surface area contributed by atoms with Crippen molar-refractivity contribution in [1.29, 1.82) is 0 Å². The van der Waals surface area contributed by atoms with Gasteiger partial charge in [0, 0.05) is 17.3 Å². The Morgan fingerprint density at radius 3 is 2.10 bits per heavy atom. The number of nitrogen functional groups attached to an aromatic ring is 1. The molecule has 0 saturated carbocycles. The average Bonchev–Trinajstić information content (AvgIpc) is 2.36. The van der Waals surface area contributed by atoms with Gasteiger partial charge in [0.05, 0.1) is 0 Å². The SMILES string of the molecule is CC(C)CCN(CCC(C)C)Cc1cc(N)ccc1Cl.